The Kier molecular flexibility index (Phi) is 5.99. The zero-order chi connectivity index (χ0) is 18.0. The highest BCUT2D eigenvalue weighted by molar-refractivity contribution is 6.30. The number of likely N-dealkylation sites (N-methyl/N-ethyl adjacent to an activating group) is 1. The maximum atomic E-state index is 6.00. The summed E-state index contributed by atoms with van der Waals surface area (Å²) in [6.45, 7) is 10.4. The van der Waals surface area contributed by atoms with Crippen molar-refractivity contribution < 1.29 is 4.48 Å². The highest BCUT2D eigenvalue weighted by Gasteiger charge is 2.28. The van der Waals surface area contributed by atoms with Crippen LogP contribution in [0, 0.1) is 5.41 Å². The summed E-state index contributed by atoms with van der Waals surface area (Å²) < 4.78 is 0.935. The smallest absolute Gasteiger partial charge is 0.105 e. The maximum Gasteiger partial charge on any atom is 0.105 e. The second-order valence-electron chi connectivity index (χ2n) is 8.59. The summed E-state index contributed by atoms with van der Waals surface area (Å²) in [5.41, 5.74) is 4.76. The topological polar surface area (TPSA) is 0 Å². The monoisotopic (exact) mass is 346 g/mol. The highest BCUT2D eigenvalue weighted by atomic mass is 35.5. The molecule has 0 aliphatic heterocycles. The van der Waals surface area contributed by atoms with Crippen LogP contribution in [0.3, 0.4) is 0 Å². The molecule has 24 heavy (non-hydrogen) atoms. The summed E-state index contributed by atoms with van der Waals surface area (Å²) in [5, 5.41) is 0.805. The van der Waals surface area contributed by atoms with Crippen LogP contribution in [-0.2, 0) is 6.54 Å². The molecule has 1 aromatic carbocycles. The molecule has 0 N–H and O–H groups in total. The van der Waals surface area contributed by atoms with Crippen molar-refractivity contribution in [2.24, 2.45) is 5.41 Å². The Morgan fingerprint density at radius 1 is 1.21 bits per heavy atom. The fourth-order valence-electron chi connectivity index (χ4n) is 3.68. The van der Waals surface area contributed by atoms with Crippen molar-refractivity contribution in [3.05, 3.63) is 58.1 Å². The number of hydrogen-bond acceptors (Lipinski definition) is 0. The predicted octanol–water partition coefficient (Wildman–Crippen LogP) is 6.39. The molecular weight excluding hydrogens is 314 g/mol. The number of rotatable bonds is 5. The van der Waals surface area contributed by atoms with E-state index < -0.39 is 0 Å². The lowest BCUT2D eigenvalue weighted by molar-refractivity contribution is -0.919. The number of benzene rings is 1. The number of allylic oxidation sites excluding steroid dienone is 3. The summed E-state index contributed by atoms with van der Waals surface area (Å²) in [6.07, 6.45) is 8.68. The van der Waals surface area contributed by atoms with Crippen molar-refractivity contribution in [2.75, 3.05) is 14.1 Å². The molecule has 1 aromatic rings. The molecule has 0 saturated carbocycles. The minimum atomic E-state index is 0.311. The molecule has 0 fully saturated rings. The van der Waals surface area contributed by atoms with Gasteiger partial charge in [0.15, 0.2) is 0 Å². The molecule has 2 heteroatoms. The van der Waals surface area contributed by atoms with Gasteiger partial charge in [0.1, 0.15) is 12.6 Å². The lowest BCUT2D eigenvalue weighted by Crippen LogP contribution is -2.45. The van der Waals surface area contributed by atoms with Gasteiger partial charge in [-0.1, -0.05) is 49.2 Å². The van der Waals surface area contributed by atoms with Gasteiger partial charge in [0.05, 0.1) is 14.1 Å². The van der Waals surface area contributed by atoms with Crippen LogP contribution in [-0.4, -0.2) is 24.6 Å². The Morgan fingerprint density at radius 2 is 1.83 bits per heavy atom. The third kappa shape index (κ3) is 4.74. The molecule has 1 nitrogen and oxygen atoms in total. The van der Waals surface area contributed by atoms with Gasteiger partial charge in [0.25, 0.3) is 0 Å². The van der Waals surface area contributed by atoms with Crippen LogP contribution >= 0.6 is 11.6 Å². The first kappa shape index (κ1) is 19.3. The largest absolute Gasteiger partial charge is 0.319 e. The molecule has 0 saturated heterocycles. The first-order valence-electron chi connectivity index (χ1n) is 9.07. The molecule has 0 bridgehead atoms. The zero-order valence-electron chi connectivity index (χ0n) is 16.2. The summed E-state index contributed by atoms with van der Waals surface area (Å²) in [6, 6.07) is 8.69. The lowest BCUT2D eigenvalue weighted by Gasteiger charge is -2.36. The molecule has 0 spiro atoms. The van der Waals surface area contributed by atoms with Crippen molar-refractivity contribution in [1.29, 1.82) is 0 Å². The van der Waals surface area contributed by atoms with Crippen molar-refractivity contribution >= 4 is 11.6 Å². The molecule has 2 rings (SSSR count). The molecule has 0 amide bonds. The first-order chi connectivity index (χ1) is 11.1. The maximum absolute atomic E-state index is 6.00. The van der Waals surface area contributed by atoms with Gasteiger partial charge in [-0.05, 0) is 62.3 Å². The third-order valence-electron chi connectivity index (χ3n) is 5.69. The number of halogens is 1. The van der Waals surface area contributed by atoms with Crippen LogP contribution in [0.4, 0.5) is 0 Å². The van der Waals surface area contributed by atoms with Crippen molar-refractivity contribution in [3.8, 4) is 0 Å². The van der Waals surface area contributed by atoms with Crippen LogP contribution in [0.5, 0.6) is 0 Å². The predicted molar refractivity (Wildman–Crippen MR) is 106 cm³/mol. The van der Waals surface area contributed by atoms with Gasteiger partial charge < -0.3 is 4.48 Å². The molecule has 1 aliphatic rings. The Balaban J connectivity index is 2.12. The summed E-state index contributed by atoms with van der Waals surface area (Å²) in [5.74, 6) is 0. The normalized spacial score (nSPS) is 19.8. The van der Waals surface area contributed by atoms with Crippen LogP contribution in [0.1, 0.15) is 52.5 Å². The van der Waals surface area contributed by atoms with E-state index in [1.165, 1.54) is 24.8 Å². The molecule has 0 heterocycles. The number of nitrogens with zero attached hydrogens (tertiary/aromatic N) is 1. The van der Waals surface area contributed by atoms with Crippen molar-refractivity contribution in [3.63, 3.8) is 0 Å². The average molecular weight is 347 g/mol. The van der Waals surface area contributed by atoms with Gasteiger partial charge in [-0.2, -0.15) is 0 Å². The summed E-state index contributed by atoms with van der Waals surface area (Å²) >= 11 is 6.00. The van der Waals surface area contributed by atoms with E-state index in [0.29, 0.717) is 11.5 Å². The van der Waals surface area contributed by atoms with E-state index in [9.17, 15) is 0 Å². The minimum absolute atomic E-state index is 0.311. The molecule has 132 valence electrons. The van der Waals surface area contributed by atoms with Crippen LogP contribution in [0.25, 0.3) is 0 Å². The van der Waals surface area contributed by atoms with Gasteiger partial charge in [0.2, 0.25) is 0 Å². The lowest BCUT2D eigenvalue weighted by atomic mass is 9.72. The van der Waals surface area contributed by atoms with E-state index in [0.717, 1.165) is 16.1 Å². The van der Waals surface area contributed by atoms with Crippen molar-refractivity contribution in [2.45, 2.75) is 59.5 Å². The van der Waals surface area contributed by atoms with E-state index in [-0.39, 0.29) is 0 Å². The molecule has 0 radical (unpaired) electrons. The Bertz CT molecular complexity index is 620. The summed E-state index contributed by atoms with van der Waals surface area (Å²) in [4.78, 5) is 0. The van der Waals surface area contributed by atoms with Gasteiger partial charge in [-0.3, -0.25) is 0 Å². The summed E-state index contributed by atoms with van der Waals surface area (Å²) in [7, 11) is 4.60. The Hall–Kier alpha value is -1.05. The van der Waals surface area contributed by atoms with Gasteiger partial charge in [-0.15, -0.1) is 0 Å². The standard InChI is InChI=1S/C22H33ClN/c1-17-8-7-15-22(3,4)21(17)14-9-18(2)24(5,6)16-19-10-12-20(23)13-11-19/h9-14,18H,7-8,15-16H2,1-6H3/q+1. The third-order valence-corrected chi connectivity index (χ3v) is 5.94. The quantitative estimate of drug-likeness (QED) is 0.542. The Labute approximate surface area is 153 Å². The number of hydrogen-bond donors (Lipinski definition) is 0. The van der Waals surface area contributed by atoms with Crippen LogP contribution < -0.4 is 0 Å². The fraction of sp³-hybridized carbons (Fsp3) is 0.545. The van der Waals surface area contributed by atoms with E-state index in [4.69, 9.17) is 11.6 Å². The second-order valence-corrected chi connectivity index (χ2v) is 9.03. The van der Waals surface area contributed by atoms with Crippen LogP contribution in [0.15, 0.2) is 47.6 Å². The molecule has 1 unspecified atom stereocenters. The molecule has 1 aliphatic carbocycles. The van der Waals surface area contributed by atoms with Gasteiger partial charge in [-0.25, -0.2) is 0 Å². The zero-order valence-corrected chi connectivity index (χ0v) is 17.0. The first-order valence-corrected chi connectivity index (χ1v) is 9.45. The van der Waals surface area contributed by atoms with Crippen LogP contribution in [0.2, 0.25) is 5.02 Å². The Morgan fingerprint density at radius 3 is 2.42 bits per heavy atom. The van der Waals surface area contributed by atoms with Gasteiger partial charge in [0, 0.05) is 10.6 Å². The van der Waals surface area contributed by atoms with E-state index >= 15 is 0 Å². The molecule has 1 atom stereocenters. The van der Waals surface area contributed by atoms with E-state index in [1.54, 1.807) is 11.1 Å². The minimum Gasteiger partial charge on any atom is -0.319 e. The van der Waals surface area contributed by atoms with Crippen molar-refractivity contribution in [1.82, 2.24) is 0 Å². The molecular formula is C22H33ClN+. The number of quaternary nitrogens is 1. The average Bonchev–Trinajstić information content (AvgIpc) is 2.48. The highest BCUT2D eigenvalue weighted by Crippen LogP contribution is 2.40. The second kappa shape index (κ2) is 7.45. The van der Waals surface area contributed by atoms with E-state index in [1.807, 2.05) is 12.1 Å². The molecule has 0 aromatic heterocycles. The van der Waals surface area contributed by atoms with E-state index in [2.05, 4.69) is 66.1 Å². The SMILES string of the molecule is CC1=C(C=CC(C)[N+](C)(C)Cc2ccc(Cl)cc2)C(C)(C)CCC1. The van der Waals surface area contributed by atoms with Gasteiger partial charge >= 0.3 is 0 Å². The fourth-order valence-corrected chi connectivity index (χ4v) is 3.81.